The van der Waals surface area contributed by atoms with E-state index in [0.29, 0.717) is 11.1 Å². The van der Waals surface area contributed by atoms with Crippen molar-refractivity contribution in [2.75, 3.05) is 0 Å². The molecular formula is C22H14ClF2NO2. The molecule has 1 N–H and O–H groups in total. The fourth-order valence-electron chi connectivity index (χ4n) is 3.11. The molecule has 0 saturated carbocycles. The Morgan fingerprint density at radius 1 is 0.929 bits per heavy atom. The van der Waals surface area contributed by atoms with E-state index in [1.54, 1.807) is 30.5 Å². The van der Waals surface area contributed by atoms with Crippen LogP contribution in [0.25, 0.3) is 22.5 Å². The quantitative estimate of drug-likeness (QED) is 0.458. The van der Waals surface area contributed by atoms with Crippen molar-refractivity contribution < 1.29 is 18.3 Å². The summed E-state index contributed by atoms with van der Waals surface area (Å²) < 4.78 is 34.6. The Morgan fingerprint density at radius 2 is 1.75 bits per heavy atom. The molecule has 2 aromatic heterocycles. The first-order valence-electron chi connectivity index (χ1n) is 8.46. The molecular weight excluding hydrogens is 384 g/mol. The lowest BCUT2D eigenvalue weighted by Crippen LogP contribution is -2.03. The first kappa shape index (κ1) is 18.3. The van der Waals surface area contributed by atoms with Crippen LogP contribution < -0.4 is 0 Å². The molecule has 0 aliphatic carbocycles. The number of pyridine rings is 1. The Kier molecular flexibility index (Phi) is 4.94. The molecule has 2 heterocycles. The van der Waals surface area contributed by atoms with Crippen LogP contribution in [-0.2, 0) is 0 Å². The Balaban J connectivity index is 1.96. The molecule has 0 amide bonds. The molecule has 28 heavy (non-hydrogen) atoms. The van der Waals surface area contributed by atoms with Crippen molar-refractivity contribution in [3.05, 3.63) is 101 Å². The average molecular weight is 398 g/mol. The number of aliphatic hydroxyl groups is 1. The maximum Gasteiger partial charge on any atom is 0.143 e. The van der Waals surface area contributed by atoms with Crippen LogP contribution in [0.15, 0.2) is 77.7 Å². The third-order valence-electron chi connectivity index (χ3n) is 4.44. The van der Waals surface area contributed by atoms with Gasteiger partial charge in [0.15, 0.2) is 0 Å². The predicted octanol–water partition coefficient (Wildman–Crippen LogP) is 6.02. The summed E-state index contributed by atoms with van der Waals surface area (Å²) in [5.41, 5.74) is 1.38. The zero-order valence-corrected chi connectivity index (χ0v) is 15.2. The summed E-state index contributed by atoms with van der Waals surface area (Å²) in [5.74, 6) is -0.966. The van der Waals surface area contributed by atoms with Gasteiger partial charge in [-0.2, -0.15) is 0 Å². The lowest BCUT2D eigenvalue weighted by atomic mass is 9.93. The Labute approximate surface area is 164 Å². The lowest BCUT2D eigenvalue weighted by Gasteiger charge is -2.14. The van der Waals surface area contributed by atoms with E-state index in [-0.39, 0.29) is 27.5 Å². The fourth-order valence-corrected chi connectivity index (χ4v) is 3.27. The highest BCUT2D eigenvalue weighted by atomic mass is 35.5. The number of hydrogen-bond acceptors (Lipinski definition) is 3. The van der Waals surface area contributed by atoms with E-state index in [2.05, 4.69) is 4.98 Å². The van der Waals surface area contributed by atoms with Crippen molar-refractivity contribution in [1.82, 2.24) is 4.98 Å². The van der Waals surface area contributed by atoms with Crippen LogP contribution in [0.3, 0.4) is 0 Å². The number of halogens is 3. The summed E-state index contributed by atoms with van der Waals surface area (Å²) in [5, 5.41) is 11.3. The second kappa shape index (κ2) is 7.54. The maximum atomic E-state index is 14.6. The molecule has 2 aromatic carbocycles. The van der Waals surface area contributed by atoms with E-state index in [0.717, 1.165) is 0 Å². The van der Waals surface area contributed by atoms with E-state index < -0.39 is 17.7 Å². The molecule has 140 valence electrons. The van der Waals surface area contributed by atoms with Gasteiger partial charge in [-0.15, -0.1) is 0 Å². The van der Waals surface area contributed by atoms with Gasteiger partial charge in [0.2, 0.25) is 0 Å². The molecule has 0 saturated heterocycles. The van der Waals surface area contributed by atoms with E-state index in [9.17, 15) is 13.9 Å². The van der Waals surface area contributed by atoms with Crippen LogP contribution in [-0.4, -0.2) is 10.1 Å². The standard InChI is InChI=1S/C22H14ClF2NO2/c23-14-7-8-15(19(25)10-14)17-12-28-22(16-5-1-2-6-18(16)24)20(17)21(27)13-4-3-9-26-11-13/h1-12,21,27H. The van der Waals surface area contributed by atoms with Gasteiger partial charge in [0.05, 0.1) is 11.8 Å². The van der Waals surface area contributed by atoms with E-state index >= 15 is 0 Å². The molecule has 4 rings (SSSR count). The van der Waals surface area contributed by atoms with Crippen LogP contribution in [0.4, 0.5) is 8.78 Å². The van der Waals surface area contributed by atoms with Gasteiger partial charge in [-0.25, -0.2) is 8.78 Å². The van der Waals surface area contributed by atoms with Crippen LogP contribution in [0, 0.1) is 11.6 Å². The van der Waals surface area contributed by atoms with Crippen LogP contribution in [0.5, 0.6) is 0 Å². The Morgan fingerprint density at radius 3 is 2.46 bits per heavy atom. The molecule has 0 fully saturated rings. The van der Waals surface area contributed by atoms with Gasteiger partial charge >= 0.3 is 0 Å². The lowest BCUT2D eigenvalue weighted by molar-refractivity contribution is 0.220. The van der Waals surface area contributed by atoms with Gasteiger partial charge < -0.3 is 9.52 Å². The van der Waals surface area contributed by atoms with E-state index in [4.69, 9.17) is 16.0 Å². The molecule has 4 aromatic rings. The van der Waals surface area contributed by atoms with Gasteiger partial charge in [-0.1, -0.05) is 29.8 Å². The third-order valence-corrected chi connectivity index (χ3v) is 4.68. The monoisotopic (exact) mass is 397 g/mol. The number of aromatic nitrogens is 1. The summed E-state index contributed by atoms with van der Waals surface area (Å²) in [6, 6.07) is 13.6. The number of benzene rings is 2. The van der Waals surface area contributed by atoms with Crippen molar-refractivity contribution in [1.29, 1.82) is 0 Å². The van der Waals surface area contributed by atoms with Crippen molar-refractivity contribution in [3.63, 3.8) is 0 Å². The maximum absolute atomic E-state index is 14.6. The molecule has 0 bridgehead atoms. The van der Waals surface area contributed by atoms with Gasteiger partial charge in [-0.3, -0.25) is 4.98 Å². The minimum atomic E-state index is -1.20. The van der Waals surface area contributed by atoms with Crippen molar-refractivity contribution in [2.45, 2.75) is 6.10 Å². The molecule has 0 aliphatic rings. The SMILES string of the molecule is OC(c1cccnc1)c1c(-c2ccc(Cl)cc2F)coc1-c1ccccc1F. The highest BCUT2D eigenvalue weighted by molar-refractivity contribution is 6.30. The van der Waals surface area contributed by atoms with Crippen LogP contribution >= 0.6 is 11.6 Å². The second-order valence-corrected chi connectivity index (χ2v) is 6.62. The highest BCUT2D eigenvalue weighted by Gasteiger charge is 2.27. The smallest absolute Gasteiger partial charge is 0.143 e. The average Bonchev–Trinajstić information content (AvgIpc) is 3.13. The van der Waals surface area contributed by atoms with Crippen LogP contribution in [0.2, 0.25) is 5.02 Å². The van der Waals surface area contributed by atoms with Crippen molar-refractivity contribution in [3.8, 4) is 22.5 Å². The molecule has 0 aliphatic heterocycles. The largest absolute Gasteiger partial charge is 0.463 e. The molecule has 1 unspecified atom stereocenters. The van der Waals surface area contributed by atoms with Crippen molar-refractivity contribution in [2.24, 2.45) is 0 Å². The Bertz CT molecular complexity index is 1130. The van der Waals surface area contributed by atoms with Gasteiger partial charge in [0.1, 0.15) is 23.5 Å². The molecule has 3 nitrogen and oxygen atoms in total. The second-order valence-electron chi connectivity index (χ2n) is 6.19. The molecule has 1 atom stereocenters. The summed E-state index contributed by atoms with van der Waals surface area (Å²) >= 11 is 5.85. The first-order chi connectivity index (χ1) is 13.6. The summed E-state index contributed by atoms with van der Waals surface area (Å²) in [4.78, 5) is 4.01. The normalized spacial score (nSPS) is 12.1. The molecule has 0 spiro atoms. The van der Waals surface area contributed by atoms with E-state index in [1.807, 2.05) is 0 Å². The molecule has 0 radical (unpaired) electrons. The number of rotatable bonds is 4. The topological polar surface area (TPSA) is 46.3 Å². The predicted molar refractivity (Wildman–Crippen MR) is 103 cm³/mol. The summed E-state index contributed by atoms with van der Waals surface area (Å²) in [6.45, 7) is 0. The number of hydrogen-bond donors (Lipinski definition) is 1. The zero-order chi connectivity index (χ0) is 19.7. The summed E-state index contributed by atoms with van der Waals surface area (Å²) in [7, 11) is 0. The summed E-state index contributed by atoms with van der Waals surface area (Å²) in [6.07, 6.45) is 3.17. The van der Waals surface area contributed by atoms with E-state index in [1.165, 1.54) is 42.8 Å². The number of aliphatic hydroxyl groups excluding tert-OH is 1. The zero-order valence-electron chi connectivity index (χ0n) is 14.4. The first-order valence-corrected chi connectivity index (χ1v) is 8.83. The van der Waals surface area contributed by atoms with Crippen molar-refractivity contribution >= 4 is 11.6 Å². The highest BCUT2D eigenvalue weighted by Crippen LogP contribution is 2.42. The number of nitrogens with zero attached hydrogens (tertiary/aromatic N) is 1. The fraction of sp³-hybridized carbons (Fsp3) is 0.0455. The van der Waals surface area contributed by atoms with Crippen LogP contribution in [0.1, 0.15) is 17.2 Å². The molecule has 6 heteroatoms. The minimum Gasteiger partial charge on any atom is -0.463 e. The minimum absolute atomic E-state index is 0.124. The third kappa shape index (κ3) is 3.30. The Hall–Kier alpha value is -3.02. The van der Waals surface area contributed by atoms with Gasteiger partial charge in [0.25, 0.3) is 0 Å². The number of furan rings is 1. The van der Waals surface area contributed by atoms with Gasteiger partial charge in [0, 0.05) is 39.7 Å². The van der Waals surface area contributed by atoms with Gasteiger partial charge in [-0.05, 0) is 36.4 Å².